The van der Waals surface area contributed by atoms with E-state index >= 15 is 0 Å². The fourth-order valence-corrected chi connectivity index (χ4v) is 2.38. The normalized spacial score (nSPS) is 12.0. The zero-order valence-electron chi connectivity index (χ0n) is 13.5. The monoisotopic (exact) mass is 403 g/mol. The minimum atomic E-state index is -4.49. The lowest BCUT2D eigenvalue weighted by Gasteiger charge is -2.13. The van der Waals surface area contributed by atoms with Gasteiger partial charge in [0.15, 0.2) is 5.11 Å². The maximum absolute atomic E-state index is 13.0. The number of benzene rings is 2. The number of hydrazone groups is 1. The van der Waals surface area contributed by atoms with Crippen molar-refractivity contribution < 1.29 is 17.6 Å². The maximum atomic E-state index is 13.0. The molecule has 0 radical (unpaired) electrons. The summed E-state index contributed by atoms with van der Waals surface area (Å²) in [5, 5.41) is 6.75. The zero-order chi connectivity index (χ0) is 19.3. The van der Waals surface area contributed by atoms with E-state index in [4.69, 9.17) is 23.8 Å². The van der Waals surface area contributed by atoms with Crippen molar-refractivity contribution in [1.29, 1.82) is 0 Å². The average molecular weight is 404 g/mol. The highest BCUT2D eigenvalue weighted by Gasteiger charge is 2.31. The first-order chi connectivity index (χ1) is 12.2. The summed E-state index contributed by atoms with van der Waals surface area (Å²) in [5.74, 6) is -0.367. The molecule has 0 unspecified atom stereocenters. The maximum Gasteiger partial charge on any atom is 0.416 e. The minimum Gasteiger partial charge on any atom is -0.330 e. The molecule has 2 aromatic carbocycles. The van der Waals surface area contributed by atoms with Crippen molar-refractivity contribution in [2.24, 2.45) is 5.10 Å². The van der Waals surface area contributed by atoms with E-state index in [9.17, 15) is 17.6 Å². The second-order valence-corrected chi connectivity index (χ2v) is 5.99. The third-order valence-corrected chi connectivity index (χ3v) is 3.87. The van der Waals surface area contributed by atoms with Crippen LogP contribution in [-0.2, 0) is 6.18 Å². The third kappa shape index (κ3) is 5.40. The summed E-state index contributed by atoms with van der Waals surface area (Å²) in [6.45, 7) is 1.85. The van der Waals surface area contributed by atoms with E-state index < -0.39 is 11.7 Å². The quantitative estimate of drug-likeness (QED) is 0.302. The van der Waals surface area contributed by atoms with E-state index in [0.717, 1.165) is 18.2 Å². The van der Waals surface area contributed by atoms with Gasteiger partial charge in [-0.2, -0.15) is 18.3 Å². The largest absolute Gasteiger partial charge is 0.416 e. The lowest BCUT2D eigenvalue weighted by atomic mass is 10.1. The number of halogens is 5. The van der Waals surface area contributed by atoms with Gasteiger partial charge in [0.25, 0.3) is 0 Å². The lowest BCUT2D eigenvalue weighted by Crippen LogP contribution is -2.25. The molecule has 0 heterocycles. The molecule has 2 aromatic rings. The number of anilines is 1. The molecule has 0 amide bonds. The number of thiocarbonyl (C=S) groups is 1. The molecule has 0 spiro atoms. The number of rotatable bonds is 4. The van der Waals surface area contributed by atoms with Crippen molar-refractivity contribution >= 4 is 40.3 Å². The molecule has 2 N–H and O–H groups in total. The number of nitrogens with one attached hydrogen (secondary N) is 2. The van der Waals surface area contributed by atoms with E-state index in [2.05, 4.69) is 15.8 Å². The first kappa shape index (κ1) is 20.1. The van der Waals surface area contributed by atoms with Crippen molar-refractivity contribution in [3.05, 3.63) is 64.4 Å². The number of hydrogen-bond acceptors (Lipinski definition) is 2. The predicted octanol–water partition coefficient (Wildman–Crippen LogP) is 5.60. The summed E-state index contributed by atoms with van der Waals surface area (Å²) in [4.78, 5) is 0. The number of alkyl halides is 3. The van der Waals surface area contributed by atoms with Gasteiger partial charge in [-0.15, -0.1) is 0 Å². The van der Waals surface area contributed by atoms with Crippen LogP contribution >= 0.6 is 23.8 Å². The molecular formula is C17H14ClF4N3S. The van der Waals surface area contributed by atoms with Crippen molar-refractivity contribution in [3.8, 4) is 0 Å². The van der Waals surface area contributed by atoms with E-state index in [1.54, 1.807) is 12.1 Å². The summed E-state index contributed by atoms with van der Waals surface area (Å²) in [6.07, 6.45) is -3.96. The van der Waals surface area contributed by atoms with E-state index in [0.29, 0.717) is 17.7 Å². The second kappa shape index (κ2) is 8.46. The Kier molecular flexibility index (Phi) is 6.55. The first-order valence-corrected chi connectivity index (χ1v) is 8.25. The molecule has 9 heteroatoms. The Balaban J connectivity index is 2.11. The van der Waals surface area contributed by atoms with Gasteiger partial charge in [0.05, 0.1) is 22.0 Å². The Bertz CT molecular complexity index is 820. The Labute approximate surface area is 158 Å². The minimum absolute atomic E-state index is 0.00835. The molecule has 0 aliphatic heterocycles. The molecule has 26 heavy (non-hydrogen) atoms. The molecule has 0 bridgehead atoms. The van der Waals surface area contributed by atoms with Crippen LogP contribution in [0, 0.1) is 5.82 Å². The van der Waals surface area contributed by atoms with Crippen molar-refractivity contribution in [1.82, 2.24) is 5.43 Å². The molecule has 0 saturated carbocycles. The van der Waals surface area contributed by atoms with E-state index in [1.165, 1.54) is 12.1 Å². The van der Waals surface area contributed by atoms with Crippen LogP contribution in [-0.4, -0.2) is 10.8 Å². The fourth-order valence-electron chi connectivity index (χ4n) is 2.06. The Morgan fingerprint density at radius 3 is 2.38 bits per heavy atom. The number of nitrogens with zero attached hydrogens (tertiary/aromatic N) is 1. The standard InChI is InChI=1S/C17H14ClF4N3S/c1-2-14(10-3-6-12(19)7-4-10)24-25-16(26)23-15-9-11(17(20,21)22)5-8-13(15)18/h3-9H,2H2,1H3,(H2,23,25,26)/b24-14-. The topological polar surface area (TPSA) is 36.4 Å². The van der Waals surface area contributed by atoms with Crippen LogP contribution in [0.25, 0.3) is 0 Å². The van der Waals surface area contributed by atoms with Gasteiger partial charge in [-0.3, -0.25) is 5.43 Å². The summed E-state index contributed by atoms with van der Waals surface area (Å²) in [6, 6.07) is 8.62. The van der Waals surface area contributed by atoms with Crippen LogP contribution in [0.4, 0.5) is 23.2 Å². The van der Waals surface area contributed by atoms with Crippen LogP contribution < -0.4 is 10.7 Å². The number of hydrogen-bond donors (Lipinski definition) is 2. The SMILES string of the molecule is CC/C(=N/NC(=S)Nc1cc(C(F)(F)F)ccc1Cl)c1ccc(F)cc1. The Morgan fingerprint density at radius 2 is 1.81 bits per heavy atom. The lowest BCUT2D eigenvalue weighted by molar-refractivity contribution is -0.137. The van der Waals surface area contributed by atoms with Crippen molar-refractivity contribution in [3.63, 3.8) is 0 Å². The molecule has 0 aliphatic carbocycles. The summed E-state index contributed by atoms with van der Waals surface area (Å²) >= 11 is 10.9. The predicted molar refractivity (Wildman–Crippen MR) is 99.0 cm³/mol. The highest BCUT2D eigenvalue weighted by Crippen LogP contribution is 2.33. The molecular weight excluding hydrogens is 390 g/mol. The molecule has 0 aliphatic rings. The molecule has 0 saturated heterocycles. The van der Waals surface area contributed by atoms with Crippen LogP contribution in [0.2, 0.25) is 5.02 Å². The molecule has 138 valence electrons. The van der Waals surface area contributed by atoms with Gasteiger partial charge in [0.2, 0.25) is 0 Å². The molecule has 0 aromatic heterocycles. The Morgan fingerprint density at radius 1 is 1.15 bits per heavy atom. The first-order valence-electron chi connectivity index (χ1n) is 7.47. The smallest absolute Gasteiger partial charge is 0.330 e. The average Bonchev–Trinajstić information content (AvgIpc) is 2.58. The highest BCUT2D eigenvalue weighted by molar-refractivity contribution is 7.80. The molecule has 2 rings (SSSR count). The van der Waals surface area contributed by atoms with Crippen LogP contribution in [0.5, 0.6) is 0 Å². The molecule has 3 nitrogen and oxygen atoms in total. The van der Waals surface area contributed by atoms with Crippen LogP contribution in [0.15, 0.2) is 47.6 Å². The fraction of sp³-hybridized carbons (Fsp3) is 0.176. The van der Waals surface area contributed by atoms with Gasteiger partial charge in [0, 0.05) is 0 Å². The summed E-state index contributed by atoms with van der Waals surface area (Å²) < 4.78 is 51.3. The van der Waals surface area contributed by atoms with Gasteiger partial charge in [-0.05, 0) is 54.5 Å². The van der Waals surface area contributed by atoms with Crippen molar-refractivity contribution in [2.45, 2.75) is 19.5 Å². The summed E-state index contributed by atoms with van der Waals surface area (Å²) in [5.41, 5.74) is 3.01. The van der Waals surface area contributed by atoms with Gasteiger partial charge in [-0.25, -0.2) is 4.39 Å². The Hall–Kier alpha value is -2.19. The second-order valence-electron chi connectivity index (χ2n) is 5.18. The zero-order valence-corrected chi connectivity index (χ0v) is 15.1. The van der Waals surface area contributed by atoms with E-state index in [1.807, 2.05) is 6.92 Å². The van der Waals surface area contributed by atoms with Gasteiger partial charge in [-0.1, -0.05) is 30.7 Å². The molecule has 0 fully saturated rings. The van der Waals surface area contributed by atoms with Gasteiger partial charge in [0.1, 0.15) is 5.82 Å². The van der Waals surface area contributed by atoms with Gasteiger partial charge < -0.3 is 5.32 Å². The van der Waals surface area contributed by atoms with E-state index in [-0.39, 0.29) is 21.6 Å². The highest BCUT2D eigenvalue weighted by atomic mass is 35.5. The van der Waals surface area contributed by atoms with Crippen LogP contribution in [0.3, 0.4) is 0 Å². The summed E-state index contributed by atoms with van der Waals surface area (Å²) in [7, 11) is 0. The van der Waals surface area contributed by atoms with Crippen molar-refractivity contribution in [2.75, 3.05) is 5.32 Å². The third-order valence-electron chi connectivity index (χ3n) is 3.35. The molecule has 0 atom stereocenters. The van der Waals surface area contributed by atoms with Crippen LogP contribution in [0.1, 0.15) is 24.5 Å². The van der Waals surface area contributed by atoms with Gasteiger partial charge >= 0.3 is 6.18 Å².